The third-order valence-electron chi connectivity index (χ3n) is 3.03. The summed E-state index contributed by atoms with van der Waals surface area (Å²) >= 11 is 0. The van der Waals surface area contributed by atoms with E-state index in [2.05, 4.69) is 4.90 Å². The van der Waals surface area contributed by atoms with Crippen LogP contribution in [0.3, 0.4) is 0 Å². The molecule has 2 heterocycles. The van der Waals surface area contributed by atoms with Gasteiger partial charge in [-0.1, -0.05) is 6.08 Å². The van der Waals surface area contributed by atoms with Gasteiger partial charge in [0.15, 0.2) is 5.78 Å². The summed E-state index contributed by atoms with van der Waals surface area (Å²) in [5.41, 5.74) is 0. The molecule has 2 aliphatic rings. The maximum atomic E-state index is 10.7. The summed E-state index contributed by atoms with van der Waals surface area (Å²) < 4.78 is 5.40. The highest BCUT2D eigenvalue weighted by molar-refractivity contribution is 5.87. The first-order valence-corrected chi connectivity index (χ1v) is 5.23. The van der Waals surface area contributed by atoms with Crippen molar-refractivity contribution in [3.63, 3.8) is 0 Å². The average molecular weight is 195 g/mol. The number of allylic oxidation sites excluding steroid dienone is 1. The topological polar surface area (TPSA) is 29.5 Å². The van der Waals surface area contributed by atoms with Gasteiger partial charge in [0, 0.05) is 31.5 Å². The van der Waals surface area contributed by atoms with Crippen LogP contribution in [0.5, 0.6) is 0 Å². The predicted octanol–water partition coefficient (Wildman–Crippen LogP) is 0.710. The number of carbonyl (C=O) groups is 1. The van der Waals surface area contributed by atoms with Crippen LogP contribution in [0, 0.1) is 11.8 Å². The minimum atomic E-state index is 0.132. The molecule has 0 aromatic rings. The predicted molar refractivity (Wildman–Crippen MR) is 54.1 cm³/mol. The monoisotopic (exact) mass is 195 g/mol. The van der Waals surface area contributed by atoms with E-state index in [4.69, 9.17) is 4.74 Å². The van der Waals surface area contributed by atoms with Crippen molar-refractivity contribution in [3.8, 4) is 0 Å². The molecule has 3 heteroatoms. The van der Waals surface area contributed by atoms with Gasteiger partial charge in [-0.15, -0.1) is 0 Å². The number of ether oxygens (including phenoxy) is 1. The quantitative estimate of drug-likeness (QED) is 0.621. The average Bonchev–Trinajstić information content (AvgIpc) is 2.62. The molecule has 14 heavy (non-hydrogen) atoms. The summed E-state index contributed by atoms with van der Waals surface area (Å²) in [6.07, 6.45) is 3.62. The van der Waals surface area contributed by atoms with Crippen LogP contribution in [0.15, 0.2) is 12.2 Å². The molecule has 0 amide bonds. The third kappa shape index (κ3) is 2.22. The van der Waals surface area contributed by atoms with Crippen LogP contribution in [0.1, 0.15) is 6.92 Å². The van der Waals surface area contributed by atoms with Gasteiger partial charge in [0.2, 0.25) is 0 Å². The van der Waals surface area contributed by atoms with E-state index < -0.39 is 0 Å². The molecular weight excluding hydrogens is 178 g/mol. The Morgan fingerprint density at radius 2 is 2.07 bits per heavy atom. The highest BCUT2D eigenvalue weighted by Gasteiger charge is 2.36. The number of carbonyl (C=O) groups excluding carboxylic acids is 1. The number of rotatable bonds is 3. The van der Waals surface area contributed by atoms with Gasteiger partial charge in [0.05, 0.1) is 13.2 Å². The van der Waals surface area contributed by atoms with Crippen molar-refractivity contribution in [2.75, 3.05) is 32.8 Å². The first-order valence-electron chi connectivity index (χ1n) is 5.23. The Morgan fingerprint density at radius 1 is 1.43 bits per heavy atom. The molecule has 0 N–H and O–H groups in total. The van der Waals surface area contributed by atoms with Crippen LogP contribution >= 0.6 is 0 Å². The highest BCUT2D eigenvalue weighted by atomic mass is 16.5. The highest BCUT2D eigenvalue weighted by Crippen LogP contribution is 2.28. The van der Waals surface area contributed by atoms with E-state index in [1.165, 1.54) is 0 Å². The smallest absolute Gasteiger partial charge is 0.152 e. The van der Waals surface area contributed by atoms with E-state index in [9.17, 15) is 4.79 Å². The van der Waals surface area contributed by atoms with E-state index in [-0.39, 0.29) is 5.78 Å². The fourth-order valence-electron chi connectivity index (χ4n) is 2.30. The van der Waals surface area contributed by atoms with Gasteiger partial charge in [-0.3, -0.25) is 9.69 Å². The Morgan fingerprint density at radius 3 is 2.64 bits per heavy atom. The Balaban J connectivity index is 1.76. The molecule has 2 saturated heterocycles. The molecule has 0 saturated carbocycles. The zero-order valence-corrected chi connectivity index (χ0v) is 8.61. The van der Waals surface area contributed by atoms with Crippen molar-refractivity contribution in [1.82, 2.24) is 4.90 Å². The van der Waals surface area contributed by atoms with Crippen LogP contribution in [0.2, 0.25) is 0 Å². The largest absolute Gasteiger partial charge is 0.381 e. The first-order chi connectivity index (χ1) is 6.75. The maximum absolute atomic E-state index is 10.7. The summed E-state index contributed by atoms with van der Waals surface area (Å²) in [6, 6.07) is 0. The molecule has 0 aromatic heterocycles. The van der Waals surface area contributed by atoms with Crippen molar-refractivity contribution >= 4 is 5.78 Å². The van der Waals surface area contributed by atoms with E-state index in [0.717, 1.165) is 44.7 Å². The molecule has 2 unspecified atom stereocenters. The van der Waals surface area contributed by atoms with Gasteiger partial charge in [0.25, 0.3) is 0 Å². The first kappa shape index (κ1) is 9.87. The zero-order chi connectivity index (χ0) is 9.97. The molecule has 2 atom stereocenters. The van der Waals surface area contributed by atoms with E-state index >= 15 is 0 Å². The van der Waals surface area contributed by atoms with Crippen LogP contribution < -0.4 is 0 Å². The summed E-state index contributed by atoms with van der Waals surface area (Å²) in [6.45, 7) is 6.62. The van der Waals surface area contributed by atoms with Gasteiger partial charge in [-0.05, 0) is 13.0 Å². The lowest BCUT2D eigenvalue weighted by atomic mass is 10.0. The standard InChI is InChI=1S/C11H17NO2/c1-9(13)3-2-4-12-5-10-7-14-8-11(10)6-12/h2-3,10-11H,4-8H2,1H3/b3-2+. The Hall–Kier alpha value is -0.670. The molecule has 2 fully saturated rings. The van der Waals surface area contributed by atoms with Gasteiger partial charge < -0.3 is 4.74 Å². The van der Waals surface area contributed by atoms with Crippen LogP contribution in [0.25, 0.3) is 0 Å². The second-order valence-electron chi connectivity index (χ2n) is 4.29. The number of likely N-dealkylation sites (tertiary alicyclic amines) is 1. The molecule has 0 radical (unpaired) electrons. The number of ketones is 1. The van der Waals surface area contributed by atoms with Gasteiger partial charge in [-0.25, -0.2) is 0 Å². The second kappa shape index (κ2) is 4.24. The molecule has 2 aliphatic heterocycles. The van der Waals surface area contributed by atoms with Crippen molar-refractivity contribution in [2.24, 2.45) is 11.8 Å². The van der Waals surface area contributed by atoms with E-state index in [1.807, 2.05) is 6.08 Å². The van der Waals surface area contributed by atoms with E-state index in [0.29, 0.717) is 0 Å². The summed E-state index contributed by atoms with van der Waals surface area (Å²) in [5, 5.41) is 0. The Labute approximate surface area is 84.7 Å². The molecule has 2 rings (SSSR count). The maximum Gasteiger partial charge on any atom is 0.152 e. The van der Waals surface area contributed by atoms with Crippen LogP contribution in [-0.2, 0) is 9.53 Å². The van der Waals surface area contributed by atoms with Crippen LogP contribution in [0.4, 0.5) is 0 Å². The fraction of sp³-hybridized carbons (Fsp3) is 0.727. The van der Waals surface area contributed by atoms with Gasteiger partial charge in [-0.2, -0.15) is 0 Å². The second-order valence-corrected chi connectivity index (χ2v) is 4.29. The number of hydrogen-bond donors (Lipinski definition) is 0. The lowest BCUT2D eigenvalue weighted by Gasteiger charge is -2.13. The van der Waals surface area contributed by atoms with Crippen molar-refractivity contribution in [2.45, 2.75) is 6.92 Å². The minimum absolute atomic E-state index is 0.132. The number of nitrogens with zero attached hydrogens (tertiary/aromatic N) is 1. The summed E-state index contributed by atoms with van der Waals surface area (Å²) in [7, 11) is 0. The Kier molecular flexibility index (Phi) is 2.99. The van der Waals surface area contributed by atoms with Gasteiger partial charge in [0.1, 0.15) is 0 Å². The Bertz CT molecular complexity index is 238. The van der Waals surface area contributed by atoms with E-state index in [1.54, 1.807) is 13.0 Å². The third-order valence-corrected chi connectivity index (χ3v) is 3.03. The minimum Gasteiger partial charge on any atom is -0.381 e. The van der Waals surface area contributed by atoms with Crippen molar-refractivity contribution in [1.29, 1.82) is 0 Å². The van der Waals surface area contributed by atoms with Crippen LogP contribution in [-0.4, -0.2) is 43.5 Å². The number of fused-ring (bicyclic) bond motifs is 1. The zero-order valence-electron chi connectivity index (χ0n) is 8.61. The summed E-state index contributed by atoms with van der Waals surface area (Å²) in [5.74, 6) is 1.61. The molecule has 0 bridgehead atoms. The summed E-state index contributed by atoms with van der Waals surface area (Å²) in [4.78, 5) is 13.1. The fourth-order valence-corrected chi connectivity index (χ4v) is 2.30. The molecule has 0 aliphatic carbocycles. The molecule has 78 valence electrons. The number of hydrogen-bond acceptors (Lipinski definition) is 3. The lowest BCUT2D eigenvalue weighted by Crippen LogP contribution is -2.22. The van der Waals surface area contributed by atoms with Crippen molar-refractivity contribution in [3.05, 3.63) is 12.2 Å². The SMILES string of the molecule is CC(=O)/C=C/CN1CC2COCC2C1. The molecule has 3 nitrogen and oxygen atoms in total. The van der Waals surface area contributed by atoms with Crippen molar-refractivity contribution < 1.29 is 9.53 Å². The molecular formula is C11H17NO2. The molecule has 0 aromatic carbocycles. The molecule has 0 spiro atoms. The normalized spacial score (nSPS) is 32.6. The lowest BCUT2D eigenvalue weighted by molar-refractivity contribution is -0.112. The van der Waals surface area contributed by atoms with Gasteiger partial charge >= 0.3 is 0 Å².